The van der Waals surface area contributed by atoms with Crippen molar-refractivity contribution < 1.29 is 17.9 Å². The van der Waals surface area contributed by atoms with E-state index in [1.807, 2.05) is 32.0 Å². The number of sulfone groups is 1. The van der Waals surface area contributed by atoms with Gasteiger partial charge in [0.05, 0.1) is 11.5 Å². The molecular formula is C15H21NO4S. The number of amides is 1. The van der Waals surface area contributed by atoms with Gasteiger partial charge in [-0.25, -0.2) is 8.42 Å². The van der Waals surface area contributed by atoms with Crippen molar-refractivity contribution in [3.8, 4) is 5.75 Å². The molecule has 0 radical (unpaired) electrons. The smallest absolute Gasteiger partial charge is 0.260 e. The number of nitrogens with zero attached hydrogens (tertiary/aromatic N) is 1. The minimum Gasteiger partial charge on any atom is -0.483 e. The largest absolute Gasteiger partial charge is 0.483 e. The van der Waals surface area contributed by atoms with Crippen LogP contribution < -0.4 is 4.74 Å². The molecule has 0 N–H and O–H groups in total. The first-order valence-electron chi connectivity index (χ1n) is 6.94. The van der Waals surface area contributed by atoms with Crippen molar-refractivity contribution in [2.45, 2.75) is 26.3 Å². The van der Waals surface area contributed by atoms with Crippen molar-refractivity contribution in [2.75, 3.05) is 25.2 Å². The van der Waals surface area contributed by atoms with Crippen LogP contribution in [0.2, 0.25) is 0 Å². The van der Waals surface area contributed by atoms with Crippen LogP contribution in [0.15, 0.2) is 18.2 Å². The van der Waals surface area contributed by atoms with Gasteiger partial charge >= 0.3 is 0 Å². The van der Waals surface area contributed by atoms with Gasteiger partial charge in [-0.05, 0) is 37.5 Å². The van der Waals surface area contributed by atoms with E-state index in [-0.39, 0.29) is 30.1 Å². The first-order valence-corrected chi connectivity index (χ1v) is 8.77. The average molecular weight is 311 g/mol. The zero-order valence-electron chi connectivity index (χ0n) is 12.6. The molecule has 1 unspecified atom stereocenters. The second kappa shape index (κ2) is 6.05. The zero-order chi connectivity index (χ0) is 15.6. The number of carbonyl (C=O) groups is 1. The second-order valence-electron chi connectivity index (χ2n) is 5.62. The maximum absolute atomic E-state index is 12.1. The maximum Gasteiger partial charge on any atom is 0.260 e. The van der Waals surface area contributed by atoms with Gasteiger partial charge in [0, 0.05) is 13.1 Å². The molecule has 21 heavy (non-hydrogen) atoms. The molecule has 1 aliphatic heterocycles. The first kappa shape index (κ1) is 15.8. The second-order valence-corrected chi connectivity index (χ2v) is 7.85. The van der Waals surface area contributed by atoms with Crippen molar-refractivity contribution in [1.29, 1.82) is 0 Å². The lowest BCUT2D eigenvalue weighted by Crippen LogP contribution is -2.40. The molecule has 116 valence electrons. The molecule has 1 amide bonds. The van der Waals surface area contributed by atoms with E-state index in [0.717, 1.165) is 11.1 Å². The standard InChI is InChI=1S/C15H21NO4S/c1-11-4-5-12(2)14(8-11)20-9-15(17)16(3)13-6-7-21(18,19)10-13/h4-5,8,13H,6-7,9-10H2,1-3H3. The van der Waals surface area contributed by atoms with Crippen LogP contribution in [-0.2, 0) is 14.6 Å². The number of hydrogen-bond donors (Lipinski definition) is 0. The van der Waals surface area contributed by atoms with Gasteiger partial charge in [-0.3, -0.25) is 4.79 Å². The number of carbonyl (C=O) groups excluding carboxylic acids is 1. The van der Waals surface area contributed by atoms with Gasteiger partial charge in [0.15, 0.2) is 16.4 Å². The van der Waals surface area contributed by atoms with Crippen molar-refractivity contribution in [3.63, 3.8) is 0 Å². The predicted molar refractivity (Wildman–Crippen MR) is 81.2 cm³/mol. The summed E-state index contributed by atoms with van der Waals surface area (Å²) >= 11 is 0. The number of ether oxygens (including phenoxy) is 1. The van der Waals surface area contributed by atoms with Crippen LogP contribution in [0.3, 0.4) is 0 Å². The van der Waals surface area contributed by atoms with Crippen molar-refractivity contribution >= 4 is 15.7 Å². The number of benzene rings is 1. The molecule has 0 spiro atoms. The molecule has 1 aromatic carbocycles. The van der Waals surface area contributed by atoms with Gasteiger partial charge in [0.1, 0.15) is 5.75 Å². The van der Waals surface area contributed by atoms with Gasteiger partial charge in [0.2, 0.25) is 0 Å². The molecule has 2 rings (SSSR count). The Morgan fingerprint density at radius 1 is 1.38 bits per heavy atom. The van der Waals surface area contributed by atoms with E-state index in [1.54, 1.807) is 7.05 Å². The molecule has 5 nitrogen and oxygen atoms in total. The SMILES string of the molecule is Cc1ccc(C)c(OCC(=O)N(C)C2CCS(=O)(=O)C2)c1. The highest BCUT2D eigenvalue weighted by Gasteiger charge is 2.32. The summed E-state index contributed by atoms with van der Waals surface area (Å²) in [5.74, 6) is 0.708. The lowest BCUT2D eigenvalue weighted by molar-refractivity contribution is -0.133. The number of likely N-dealkylation sites (N-methyl/N-ethyl adjacent to an activating group) is 1. The van der Waals surface area contributed by atoms with Crippen LogP contribution in [0.25, 0.3) is 0 Å². The Bertz CT molecular complexity index is 639. The fourth-order valence-corrected chi connectivity index (χ4v) is 4.16. The summed E-state index contributed by atoms with van der Waals surface area (Å²) in [6.07, 6.45) is 0.508. The van der Waals surface area contributed by atoms with E-state index in [9.17, 15) is 13.2 Å². The van der Waals surface area contributed by atoms with E-state index < -0.39 is 9.84 Å². The quantitative estimate of drug-likeness (QED) is 0.841. The zero-order valence-corrected chi connectivity index (χ0v) is 13.4. The van der Waals surface area contributed by atoms with Crippen LogP contribution in [0.1, 0.15) is 17.5 Å². The Morgan fingerprint density at radius 3 is 2.71 bits per heavy atom. The summed E-state index contributed by atoms with van der Waals surface area (Å²) in [4.78, 5) is 13.6. The first-order chi connectivity index (χ1) is 9.78. The van der Waals surface area contributed by atoms with E-state index in [1.165, 1.54) is 4.90 Å². The topological polar surface area (TPSA) is 63.7 Å². The summed E-state index contributed by atoms with van der Waals surface area (Å²) < 4.78 is 28.5. The Labute approximate surface area is 125 Å². The molecule has 1 fully saturated rings. The molecule has 0 bridgehead atoms. The van der Waals surface area contributed by atoms with Crippen molar-refractivity contribution in [3.05, 3.63) is 29.3 Å². The Kier molecular flexibility index (Phi) is 4.56. The van der Waals surface area contributed by atoms with E-state index in [2.05, 4.69) is 0 Å². The Morgan fingerprint density at radius 2 is 2.10 bits per heavy atom. The molecule has 1 aromatic rings. The highest BCUT2D eigenvalue weighted by molar-refractivity contribution is 7.91. The third kappa shape index (κ3) is 3.97. The molecule has 1 aliphatic rings. The van der Waals surface area contributed by atoms with Crippen LogP contribution in [0, 0.1) is 13.8 Å². The molecular weight excluding hydrogens is 290 g/mol. The Balaban J connectivity index is 1.94. The average Bonchev–Trinajstić information content (AvgIpc) is 2.79. The monoisotopic (exact) mass is 311 g/mol. The number of aryl methyl sites for hydroxylation is 2. The van der Waals surface area contributed by atoms with Crippen molar-refractivity contribution in [1.82, 2.24) is 4.90 Å². The summed E-state index contributed by atoms with van der Waals surface area (Å²) in [5.41, 5.74) is 2.04. The van der Waals surface area contributed by atoms with Gasteiger partial charge in [-0.15, -0.1) is 0 Å². The third-order valence-electron chi connectivity index (χ3n) is 3.84. The number of rotatable bonds is 4. The van der Waals surface area contributed by atoms with Crippen LogP contribution in [0.5, 0.6) is 5.75 Å². The molecule has 1 saturated heterocycles. The van der Waals surface area contributed by atoms with Crippen LogP contribution in [0.4, 0.5) is 0 Å². The molecule has 0 saturated carbocycles. The van der Waals surface area contributed by atoms with Crippen LogP contribution in [-0.4, -0.2) is 50.4 Å². The van der Waals surface area contributed by atoms with Gasteiger partial charge in [-0.2, -0.15) is 0 Å². The molecule has 0 aliphatic carbocycles. The number of hydrogen-bond acceptors (Lipinski definition) is 4. The summed E-state index contributed by atoms with van der Waals surface area (Å²) in [6.45, 7) is 3.81. The molecule has 0 aromatic heterocycles. The van der Waals surface area contributed by atoms with Crippen molar-refractivity contribution in [2.24, 2.45) is 0 Å². The molecule has 1 atom stereocenters. The van der Waals surface area contributed by atoms with Crippen LogP contribution >= 0.6 is 0 Å². The highest BCUT2D eigenvalue weighted by Crippen LogP contribution is 2.20. The third-order valence-corrected chi connectivity index (χ3v) is 5.59. The normalized spacial score (nSPS) is 20.2. The van der Waals surface area contributed by atoms with E-state index >= 15 is 0 Å². The van der Waals surface area contributed by atoms with Gasteiger partial charge < -0.3 is 9.64 Å². The minimum absolute atomic E-state index is 0.0543. The fraction of sp³-hybridized carbons (Fsp3) is 0.533. The lowest BCUT2D eigenvalue weighted by Gasteiger charge is -2.23. The predicted octanol–water partition coefficient (Wildman–Crippen LogP) is 1.33. The summed E-state index contributed by atoms with van der Waals surface area (Å²) in [6, 6.07) is 5.59. The summed E-state index contributed by atoms with van der Waals surface area (Å²) in [7, 11) is -1.35. The highest BCUT2D eigenvalue weighted by atomic mass is 32.2. The minimum atomic E-state index is -2.99. The van der Waals surface area contributed by atoms with Gasteiger partial charge in [-0.1, -0.05) is 12.1 Å². The lowest BCUT2D eigenvalue weighted by atomic mass is 10.1. The fourth-order valence-electron chi connectivity index (χ4n) is 2.39. The molecule has 1 heterocycles. The van der Waals surface area contributed by atoms with Gasteiger partial charge in [0.25, 0.3) is 5.91 Å². The Hall–Kier alpha value is -1.56. The maximum atomic E-state index is 12.1. The molecule has 6 heteroatoms. The van der Waals surface area contributed by atoms with E-state index in [0.29, 0.717) is 12.2 Å². The summed E-state index contributed by atoms with van der Waals surface area (Å²) in [5, 5.41) is 0. The van der Waals surface area contributed by atoms with E-state index in [4.69, 9.17) is 4.74 Å².